The van der Waals surface area contributed by atoms with Gasteiger partial charge in [-0.2, -0.15) is 5.10 Å². The lowest BCUT2D eigenvalue weighted by Crippen LogP contribution is -2.17. The van der Waals surface area contributed by atoms with Crippen LogP contribution in [0.2, 0.25) is 0 Å². The molecule has 0 radical (unpaired) electrons. The van der Waals surface area contributed by atoms with E-state index in [1.54, 1.807) is 36.4 Å². The third-order valence-corrected chi connectivity index (χ3v) is 5.02. The van der Waals surface area contributed by atoms with Gasteiger partial charge in [-0.15, -0.1) is 10.2 Å². The van der Waals surface area contributed by atoms with Crippen molar-refractivity contribution in [2.24, 2.45) is 12.1 Å². The van der Waals surface area contributed by atoms with E-state index in [9.17, 15) is 4.79 Å². The smallest absolute Gasteiger partial charge is 0.271 e. The van der Waals surface area contributed by atoms with Crippen LogP contribution < -0.4 is 5.43 Å². The molecule has 138 valence electrons. The number of rotatable bonds is 8. The number of carbonyl (C=O) groups is 1. The van der Waals surface area contributed by atoms with E-state index < -0.39 is 0 Å². The molecule has 1 amide bonds. The number of amides is 1. The first-order valence-electron chi connectivity index (χ1n) is 8.64. The number of carbonyl (C=O) groups excluding carboxylic acids is 1. The summed E-state index contributed by atoms with van der Waals surface area (Å²) < 4.78 is 1.88. The Bertz CT molecular complexity index is 890. The third-order valence-electron chi connectivity index (χ3n) is 3.92. The highest BCUT2D eigenvalue weighted by Crippen LogP contribution is 2.20. The van der Waals surface area contributed by atoms with Crippen LogP contribution in [-0.4, -0.2) is 26.9 Å². The van der Waals surface area contributed by atoms with Crippen molar-refractivity contribution in [3.8, 4) is 0 Å². The van der Waals surface area contributed by atoms with Crippen molar-refractivity contribution in [2.45, 2.75) is 23.8 Å². The molecule has 1 heterocycles. The summed E-state index contributed by atoms with van der Waals surface area (Å²) >= 11 is 1.60. The average molecular weight is 379 g/mol. The number of hydrogen-bond acceptors (Lipinski definition) is 5. The van der Waals surface area contributed by atoms with Crippen molar-refractivity contribution in [1.82, 2.24) is 20.2 Å². The Hall–Kier alpha value is -2.93. The maximum atomic E-state index is 12.1. The average Bonchev–Trinajstić information content (AvgIpc) is 3.12. The fourth-order valence-electron chi connectivity index (χ4n) is 2.41. The number of hydrazone groups is 1. The molecule has 0 saturated carbocycles. The molecule has 0 spiro atoms. The van der Waals surface area contributed by atoms with Gasteiger partial charge in [-0.3, -0.25) is 4.79 Å². The summed E-state index contributed by atoms with van der Waals surface area (Å²) in [6.45, 7) is 0. The Morgan fingerprint density at radius 3 is 2.63 bits per heavy atom. The summed E-state index contributed by atoms with van der Waals surface area (Å²) in [6, 6.07) is 17.7. The molecule has 0 aliphatic carbocycles. The molecule has 7 heteroatoms. The zero-order valence-electron chi connectivity index (χ0n) is 15.1. The zero-order valence-corrected chi connectivity index (χ0v) is 15.9. The topological polar surface area (TPSA) is 72.2 Å². The summed E-state index contributed by atoms with van der Waals surface area (Å²) in [4.78, 5) is 12.1. The molecule has 0 aliphatic rings. The van der Waals surface area contributed by atoms with Crippen molar-refractivity contribution in [2.75, 3.05) is 0 Å². The van der Waals surface area contributed by atoms with Gasteiger partial charge in [0.1, 0.15) is 6.33 Å². The first-order valence-corrected chi connectivity index (χ1v) is 9.62. The third kappa shape index (κ3) is 5.79. The first kappa shape index (κ1) is 18.8. The lowest BCUT2D eigenvalue weighted by atomic mass is 10.1. The highest BCUT2D eigenvalue weighted by Gasteiger charge is 2.06. The number of thioether (sulfide) groups is 1. The van der Waals surface area contributed by atoms with Crippen molar-refractivity contribution < 1.29 is 4.79 Å². The van der Waals surface area contributed by atoms with Crippen molar-refractivity contribution in [3.63, 3.8) is 0 Å². The Morgan fingerprint density at radius 1 is 1.15 bits per heavy atom. The van der Waals surface area contributed by atoms with Crippen LogP contribution in [0.4, 0.5) is 0 Å². The van der Waals surface area contributed by atoms with E-state index in [-0.39, 0.29) is 5.91 Å². The van der Waals surface area contributed by atoms with Crippen LogP contribution in [0.5, 0.6) is 0 Å². The van der Waals surface area contributed by atoms with E-state index >= 15 is 0 Å². The molecule has 0 fully saturated rings. The standard InChI is InChI=1S/C20H21N5OS/c1-25-15-22-24-20(25)27-14-17-9-11-18(12-10-17)19(26)23-21-13-5-8-16-6-3-2-4-7-16/h2-4,6-7,9-13,15H,5,8,14H2,1H3,(H,23,26)/b21-13+. The maximum Gasteiger partial charge on any atom is 0.271 e. The van der Waals surface area contributed by atoms with Gasteiger partial charge in [0.2, 0.25) is 0 Å². The molecule has 0 aliphatic heterocycles. The van der Waals surface area contributed by atoms with Gasteiger partial charge in [0.25, 0.3) is 5.91 Å². The molecule has 6 nitrogen and oxygen atoms in total. The summed E-state index contributed by atoms with van der Waals surface area (Å²) in [5.41, 5.74) is 5.53. The van der Waals surface area contributed by atoms with Gasteiger partial charge in [0.05, 0.1) is 0 Å². The van der Waals surface area contributed by atoms with E-state index in [2.05, 4.69) is 32.9 Å². The van der Waals surface area contributed by atoms with Crippen molar-refractivity contribution in [1.29, 1.82) is 0 Å². The van der Waals surface area contributed by atoms with E-state index in [0.29, 0.717) is 5.56 Å². The van der Waals surface area contributed by atoms with Gasteiger partial charge < -0.3 is 4.57 Å². The molecule has 1 N–H and O–H groups in total. The molecule has 0 bridgehead atoms. The van der Waals surface area contributed by atoms with Crippen LogP contribution in [0.25, 0.3) is 0 Å². The van der Waals surface area contributed by atoms with Crippen LogP contribution in [0, 0.1) is 0 Å². The highest BCUT2D eigenvalue weighted by atomic mass is 32.2. The minimum Gasteiger partial charge on any atom is -0.312 e. The van der Waals surface area contributed by atoms with E-state index in [1.165, 1.54) is 5.56 Å². The van der Waals surface area contributed by atoms with Crippen LogP contribution >= 0.6 is 11.8 Å². The fraction of sp³-hybridized carbons (Fsp3) is 0.200. The number of aromatic nitrogens is 3. The van der Waals surface area contributed by atoms with Crippen LogP contribution in [-0.2, 0) is 19.2 Å². The SMILES string of the molecule is Cn1cnnc1SCc1ccc(C(=O)N/N=C/CCc2ccccc2)cc1. The molecular formula is C20H21N5OS. The minimum absolute atomic E-state index is 0.210. The molecular weight excluding hydrogens is 358 g/mol. The highest BCUT2D eigenvalue weighted by molar-refractivity contribution is 7.98. The summed E-state index contributed by atoms with van der Waals surface area (Å²) in [6.07, 6.45) is 5.09. The molecule has 27 heavy (non-hydrogen) atoms. The van der Waals surface area contributed by atoms with Crippen molar-refractivity contribution >= 4 is 23.9 Å². The first-order chi connectivity index (χ1) is 13.2. The minimum atomic E-state index is -0.210. The van der Waals surface area contributed by atoms with Gasteiger partial charge in [-0.1, -0.05) is 54.2 Å². The normalized spacial score (nSPS) is 11.0. The van der Waals surface area contributed by atoms with Crippen LogP contribution in [0.3, 0.4) is 0 Å². The van der Waals surface area contributed by atoms with Gasteiger partial charge in [-0.25, -0.2) is 5.43 Å². The number of nitrogens with one attached hydrogen (secondary N) is 1. The second-order valence-corrected chi connectivity index (χ2v) is 6.93. The Kier molecular flexibility index (Phi) is 6.76. The summed E-state index contributed by atoms with van der Waals surface area (Å²) in [7, 11) is 1.91. The molecule has 1 aromatic heterocycles. The lowest BCUT2D eigenvalue weighted by Gasteiger charge is -2.03. The summed E-state index contributed by atoms with van der Waals surface area (Å²) in [5, 5.41) is 12.8. The zero-order chi connectivity index (χ0) is 18.9. The molecule has 0 unspecified atom stereocenters. The second-order valence-electron chi connectivity index (χ2n) is 5.99. The Morgan fingerprint density at radius 2 is 1.93 bits per heavy atom. The van der Waals surface area contributed by atoms with E-state index in [4.69, 9.17) is 0 Å². The Balaban J connectivity index is 1.43. The number of nitrogens with zero attached hydrogens (tertiary/aromatic N) is 4. The monoisotopic (exact) mass is 379 g/mol. The van der Waals surface area contributed by atoms with Gasteiger partial charge in [-0.05, 0) is 36.1 Å². The van der Waals surface area contributed by atoms with Gasteiger partial charge in [0.15, 0.2) is 5.16 Å². The van der Waals surface area contributed by atoms with E-state index in [0.717, 1.165) is 29.3 Å². The van der Waals surface area contributed by atoms with E-state index in [1.807, 2.05) is 41.9 Å². The van der Waals surface area contributed by atoms with Crippen LogP contribution in [0.15, 0.2) is 71.2 Å². The predicted octanol–water partition coefficient (Wildman–Crippen LogP) is 3.46. The quantitative estimate of drug-likeness (QED) is 0.370. The fourth-order valence-corrected chi connectivity index (χ4v) is 3.26. The number of aryl methyl sites for hydroxylation is 2. The van der Waals surface area contributed by atoms with Gasteiger partial charge in [0, 0.05) is 24.6 Å². The van der Waals surface area contributed by atoms with Gasteiger partial charge >= 0.3 is 0 Å². The number of hydrogen-bond donors (Lipinski definition) is 1. The second kappa shape index (κ2) is 9.68. The van der Waals surface area contributed by atoms with Crippen molar-refractivity contribution in [3.05, 3.63) is 77.6 Å². The van der Waals surface area contributed by atoms with Crippen LogP contribution in [0.1, 0.15) is 27.9 Å². The molecule has 2 aromatic carbocycles. The maximum absolute atomic E-state index is 12.1. The Labute approximate surface area is 162 Å². The summed E-state index contributed by atoms with van der Waals surface area (Å²) in [5.74, 6) is 0.560. The molecule has 3 rings (SSSR count). The number of benzene rings is 2. The molecule has 3 aromatic rings. The molecule has 0 saturated heterocycles. The largest absolute Gasteiger partial charge is 0.312 e. The molecule has 0 atom stereocenters. The predicted molar refractivity (Wildman–Crippen MR) is 108 cm³/mol. The lowest BCUT2D eigenvalue weighted by molar-refractivity contribution is 0.0955.